The molecule has 2 heterocycles. The zero-order valence-electron chi connectivity index (χ0n) is 14.4. The fourth-order valence-corrected chi connectivity index (χ4v) is 3.59. The average Bonchev–Trinajstić information content (AvgIpc) is 3.16. The van der Waals surface area contributed by atoms with Crippen LogP contribution in [0.15, 0.2) is 60.0 Å². The number of carbonyl (C=O) groups excluding carboxylic acids is 2. The number of hydrogen-bond acceptors (Lipinski definition) is 5. The molecule has 27 heavy (non-hydrogen) atoms. The molecular weight excluding hydrogens is 362 g/mol. The predicted octanol–water partition coefficient (Wildman–Crippen LogP) is 3.36. The normalized spacial score (nSPS) is 12.8. The molecule has 1 aliphatic rings. The number of nitrogens with one attached hydrogen (secondary N) is 1. The van der Waals surface area contributed by atoms with Gasteiger partial charge in [0.25, 0.3) is 5.91 Å². The minimum absolute atomic E-state index is 0.161. The lowest BCUT2D eigenvalue weighted by Crippen LogP contribution is -2.38. The van der Waals surface area contributed by atoms with E-state index < -0.39 is 0 Å². The van der Waals surface area contributed by atoms with Gasteiger partial charge in [0.05, 0.1) is 18.7 Å². The van der Waals surface area contributed by atoms with E-state index in [1.807, 2.05) is 54.6 Å². The van der Waals surface area contributed by atoms with Crippen LogP contribution < -0.4 is 15.0 Å². The predicted molar refractivity (Wildman–Crippen MR) is 105 cm³/mol. The molecule has 0 aliphatic carbocycles. The molecule has 1 N–H and O–H groups in total. The van der Waals surface area contributed by atoms with Gasteiger partial charge in [0.1, 0.15) is 18.1 Å². The number of para-hydroxylation sites is 2. The number of amides is 2. The largest absolute Gasteiger partial charge is 0.490 e. The van der Waals surface area contributed by atoms with Gasteiger partial charge in [-0.2, -0.15) is 0 Å². The average molecular weight is 379 g/mol. The molecule has 2 amide bonds. The number of anilines is 2. The first kappa shape index (κ1) is 17.2. The molecule has 0 saturated carbocycles. The minimum atomic E-state index is -0.203. The van der Waals surface area contributed by atoms with Crippen molar-refractivity contribution in [3.8, 4) is 5.75 Å². The molecule has 0 bridgehead atoms. The second kappa shape index (κ2) is 7.59. The van der Waals surface area contributed by atoms with Gasteiger partial charge in [-0.3, -0.25) is 9.59 Å². The summed E-state index contributed by atoms with van der Waals surface area (Å²) in [6, 6.07) is 16.9. The summed E-state index contributed by atoms with van der Waals surface area (Å²) in [5.41, 5.74) is 1.97. The molecule has 2 aromatic carbocycles. The number of rotatable bonds is 4. The highest BCUT2D eigenvalue weighted by Gasteiger charge is 2.26. The van der Waals surface area contributed by atoms with E-state index in [2.05, 4.69) is 10.3 Å². The van der Waals surface area contributed by atoms with E-state index in [4.69, 9.17) is 4.74 Å². The van der Waals surface area contributed by atoms with Crippen molar-refractivity contribution in [2.45, 2.75) is 6.42 Å². The van der Waals surface area contributed by atoms with Crippen molar-refractivity contribution in [1.29, 1.82) is 0 Å². The summed E-state index contributed by atoms with van der Waals surface area (Å²) in [6.07, 6.45) is 0.264. The summed E-state index contributed by atoms with van der Waals surface area (Å²) in [7, 11) is 0. The Balaban J connectivity index is 1.45. The molecule has 4 rings (SSSR count). The maximum absolute atomic E-state index is 12.9. The number of benzene rings is 2. The van der Waals surface area contributed by atoms with E-state index in [1.54, 1.807) is 10.3 Å². The van der Waals surface area contributed by atoms with Crippen LogP contribution in [0.4, 0.5) is 10.8 Å². The van der Waals surface area contributed by atoms with Gasteiger partial charge in [-0.25, -0.2) is 4.98 Å². The molecule has 3 aromatic rings. The van der Waals surface area contributed by atoms with Crippen LogP contribution in [0.25, 0.3) is 0 Å². The van der Waals surface area contributed by atoms with Crippen molar-refractivity contribution < 1.29 is 14.3 Å². The van der Waals surface area contributed by atoms with Gasteiger partial charge in [-0.05, 0) is 17.7 Å². The minimum Gasteiger partial charge on any atom is -0.490 e. The standard InChI is InChI=1S/C20H17N3O3S/c24-18(12-14-6-2-1-3-7-14)22-20-21-15(13-27-20)19(25)23-10-11-26-17-9-5-4-8-16(17)23/h1-9,13H,10-12H2,(H,21,22,24). The fraction of sp³-hybridized carbons (Fsp3) is 0.150. The Hall–Kier alpha value is -3.19. The molecule has 6 nitrogen and oxygen atoms in total. The highest BCUT2D eigenvalue weighted by molar-refractivity contribution is 7.14. The smallest absolute Gasteiger partial charge is 0.278 e. The lowest BCUT2D eigenvalue weighted by molar-refractivity contribution is -0.115. The van der Waals surface area contributed by atoms with Gasteiger partial charge in [0.15, 0.2) is 5.13 Å². The SMILES string of the molecule is O=C(Cc1ccccc1)Nc1nc(C(=O)N2CCOc3ccccc32)cs1. The van der Waals surface area contributed by atoms with Crippen LogP contribution in [0.5, 0.6) is 5.75 Å². The van der Waals surface area contributed by atoms with Crippen LogP contribution in [-0.2, 0) is 11.2 Å². The van der Waals surface area contributed by atoms with E-state index in [0.717, 1.165) is 11.3 Å². The van der Waals surface area contributed by atoms with Crippen molar-refractivity contribution >= 4 is 34.0 Å². The first-order chi connectivity index (χ1) is 13.2. The van der Waals surface area contributed by atoms with Gasteiger partial charge >= 0.3 is 0 Å². The Morgan fingerprint density at radius 1 is 1.11 bits per heavy atom. The number of fused-ring (bicyclic) bond motifs is 1. The van der Waals surface area contributed by atoms with E-state index in [9.17, 15) is 9.59 Å². The fourth-order valence-electron chi connectivity index (χ4n) is 2.89. The van der Waals surface area contributed by atoms with E-state index in [-0.39, 0.29) is 18.2 Å². The second-order valence-corrected chi connectivity index (χ2v) is 6.88. The van der Waals surface area contributed by atoms with Crippen molar-refractivity contribution in [2.75, 3.05) is 23.4 Å². The van der Waals surface area contributed by atoms with Crippen LogP contribution in [0.1, 0.15) is 16.1 Å². The van der Waals surface area contributed by atoms with Crippen LogP contribution in [-0.4, -0.2) is 29.9 Å². The molecular formula is C20H17N3O3S. The van der Waals surface area contributed by atoms with Crippen molar-refractivity contribution in [3.05, 3.63) is 71.2 Å². The second-order valence-electron chi connectivity index (χ2n) is 6.02. The molecule has 0 atom stereocenters. The number of ether oxygens (including phenoxy) is 1. The molecule has 0 unspecified atom stereocenters. The Labute approximate surface area is 160 Å². The third-order valence-corrected chi connectivity index (χ3v) is 4.91. The number of hydrogen-bond donors (Lipinski definition) is 1. The number of thiazole rings is 1. The third kappa shape index (κ3) is 3.83. The summed E-state index contributed by atoms with van der Waals surface area (Å²) in [5, 5.41) is 4.84. The van der Waals surface area contributed by atoms with Crippen LogP contribution in [0.3, 0.4) is 0 Å². The zero-order valence-corrected chi connectivity index (χ0v) is 15.2. The summed E-state index contributed by atoms with van der Waals surface area (Å²) in [6.45, 7) is 0.899. The van der Waals surface area contributed by atoms with Crippen molar-refractivity contribution in [2.24, 2.45) is 0 Å². The summed E-state index contributed by atoms with van der Waals surface area (Å²) in [4.78, 5) is 31.0. The maximum atomic E-state index is 12.9. The molecule has 0 saturated heterocycles. The Morgan fingerprint density at radius 3 is 2.74 bits per heavy atom. The van der Waals surface area contributed by atoms with Crippen LogP contribution >= 0.6 is 11.3 Å². The highest BCUT2D eigenvalue weighted by atomic mass is 32.1. The molecule has 0 spiro atoms. The van der Waals surface area contributed by atoms with Crippen molar-refractivity contribution in [3.63, 3.8) is 0 Å². The monoisotopic (exact) mass is 379 g/mol. The third-order valence-electron chi connectivity index (χ3n) is 4.15. The molecule has 1 aliphatic heterocycles. The summed E-state index contributed by atoms with van der Waals surface area (Å²) >= 11 is 1.24. The lowest BCUT2D eigenvalue weighted by Gasteiger charge is -2.28. The van der Waals surface area contributed by atoms with Gasteiger partial charge in [0.2, 0.25) is 5.91 Å². The van der Waals surface area contributed by atoms with Crippen molar-refractivity contribution in [1.82, 2.24) is 4.98 Å². The van der Waals surface area contributed by atoms with E-state index in [1.165, 1.54) is 11.3 Å². The Kier molecular flexibility index (Phi) is 4.84. The number of nitrogens with zero attached hydrogens (tertiary/aromatic N) is 2. The van der Waals surface area contributed by atoms with Gasteiger partial charge < -0.3 is 15.0 Å². The van der Waals surface area contributed by atoms with Gasteiger partial charge in [0, 0.05) is 5.38 Å². The van der Waals surface area contributed by atoms with Gasteiger partial charge in [-0.1, -0.05) is 42.5 Å². The molecule has 136 valence electrons. The van der Waals surface area contributed by atoms with Crippen LogP contribution in [0.2, 0.25) is 0 Å². The molecule has 7 heteroatoms. The Morgan fingerprint density at radius 2 is 1.89 bits per heavy atom. The number of carbonyl (C=O) groups is 2. The molecule has 0 fully saturated rings. The first-order valence-corrected chi connectivity index (χ1v) is 9.41. The summed E-state index contributed by atoms with van der Waals surface area (Å²) in [5.74, 6) is 0.320. The zero-order chi connectivity index (χ0) is 18.6. The lowest BCUT2D eigenvalue weighted by atomic mass is 10.1. The van der Waals surface area contributed by atoms with E-state index >= 15 is 0 Å². The molecule has 0 radical (unpaired) electrons. The number of aromatic nitrogens is 1. The highest BCUT2D eigenvalue weighted by Crippen LogP contribution is 2.32. The topological polar surface area (TPSA) is 71.5 Å². The van der Waals surface area contributed by atoms with E-state index in [0.29, 0.717) is 29.7 Å². The van der Waals surface area contributed by atoms with Gasteiger partial charge in [-0.15, -0.1) is 11.3 Å². The molecule has 1 aromatic heterocycles. The first-order valence-electron chi connectivity index (χ1n) is 8.54. The summed E-state index contributed by atoms with van der Waals surface area (Å²) < 4.78 is 5.59. The Bertz CT molecular complexity index is 971. The maximum Gasteiger partial charge on any atom is 0.278 e. The van der Waals surface area contributed by atoms with Crippen LogP contribution in [0, 0.1) is 0 Å². The quantitative estimate of drug-likeness (QED) is 0.754.